The minimum absolute atomic E-state index is 0.00527. The summed E-state index contributed by atoms with van der Waals surface area (Å²) in [5.74, 6) is 0.529. The van der Waals surface area contributed by atoms with Crippen LogP contribution in [-0.2, 0) is 17.2 Å². The Hall–Kier alpha value is -0.840. The Labute approximate surface area is 134 Å². The molecular weight excluding hydrogens is 314 g/mol. The van der Waals surface area contributed by atoms with Gasteiger partial charge in [-0.05, 0) is 17.9 Å². The Bertz CT molecular complexity index is 640. The molecule has 0 saturated carbocycles. The van der Waals surface area contributed by atoms with E-state index in [1.54, 1.807) is 13.2 Å². The van der Waals surface area contributed by atoms with Crippen LogP contribution in [0.4, 0.5) is 4.39 Å². The van der Waals surface area contributed by atoms with Crippen LogP contribution in [0.5, 0.6) is 0 Å². The Kier molecular flexibility index (Phi) is 5.12. The molecule has 0 aliphatic heterocycles. The first-order valence-corrected chi connectivity index (χ1v) is 7.68. The van der Waals surface area contributed by atoms with Crippen molar-refractivity contribution in [3.63, 3.8) is 0 Å². The average molecular weight is 333 g/mol. The molecule has 2 aromatic rings. The average Bonchev–Trinajstić information content (AvgIpc) is 2.74. The van der Waals surface area contributed by atoms with Gasteiger partial charge in [0.25, 0.3) is 0 Å². The summed E-state index contributed by atoms with van der Waals surface area (Å²) in [6.45, 7) is 5.71. The molecule has 0 bridgehead atoms. The highest BCUT2D eigenvalue weighted by atomic mass is 35.5. The lowest BCUT2D eigenvalue weighted by molar-refractivity contribution is 0.143. The Balaban J connectivity index is 2.44. The summed E-state index contributed by atoms with van der Waals surface area (Å²) < 4.78 is 20.7. The topological polar surface area (TPSA) is 27.1 Å². The first-order chi connectivity index (χ1) is 9.88. The fraction of sp³-hybridized carbons (Fsp3) is 0.533. The summed E-state index contributed by atoms with van der Waals surface area (Å²) in [5.41, 5.74) is 1.39. The second kappa shape index (κ2) is 6.51. The molecule has 0 aliphatic carbocycles. The number of halogens is 3. The van der Waals surface area contributed by atoms with Crippen molar-refractivity contribution >= 4 is 34.2 Å². The molecule has 0 N–H and O–H groups in total. The summed E-state index contributed by atoms with van der Waals surface area (Å²) in [7, 11) is 1.69. The van der Waals surface area contributed by atoms with Crippen LogP contribution >= 0.6 is 23.2 Å². The first-order valence-electron chi connectivity index (χ1n) is 6.77. The van der Waals surface area contributed by atoms with Gasteiger partial charge < -0.3 is 9.30 Å². The van der Waals surface area contributed by atoms with Gasteiger partial charge in [-0.25, -0.2) is 9.37 Å². The number of rotatable bonds is 6. The molecule has 0 atom stereocenters. The number of fused-ring (bicyclic) bond motifs is 1. The van der Waals surface area contributed by atoms with Crippen molar-refractivity contribution in [2.24, 2.45) is 5.41 Å². The van der Waals surface area contributed by atoms with E-state index in [1.807, 2.05) is 4.57 Å². The van der Waals surface area contributed by atoms with Gasteiger partial charge in [-0.3, -0.25) is 0 Å². The third-order valence-electron chi connectivity index (χ3n) is 3.56. The van der Waals surface area contributed by atoms with Gasteiger partial charge in [0, 0.05) is 26.3 Å². The van der Waals surface area contributed by atoms with E-state index in [4.69, 9.17) is 27.9 Å². The molecule has 0 spiro atoms. The molecule has 3 nitrogen and oxygen atoms in total. The van der Waals surface area contributed by atoms with Gasteiger partial charge in [0.2, 0.25) is 0 Å². The highest BCUT2D eigenvalue weighted by Crippen LogP contribution is 2.29. The third-order valence-corrected chi connectivity index (χ3v) is 4.09. The van der Waals surface area contributed by atoms with E-state index in [9.17, 15) is 4.39 Å². The van der Waals surface area contributed by atoms with Crippen LogP contribution in [0.25, 0.3) is 11.0 Å². The van der Waals surface area contributed by atoms with Crippen LogP contribution in [0, 0.1) is 11.2 Å². The van der Waals surface area contributed by atoms with E-state index in [0.29, 0.717) is 12.1 Å². The minimum Gasteiger partial charge on any atom is -0.385 e. The number of nitrogens with zero attached hydrogens (tertiary/aromatic N) is 2. The predicted molar refractivity (Wildman–Crippen MR) is 84.5 cm³/mol. The van der Waals surface area contributed by atoms with Gasteiger partial charge in [0.1, 0.15) is 11.6 Å². The highest BCUT2D eigenvalue weighted by molar-refractivity contribution is 6.31. The molecule has 0 unspecified atom stereocenters. The third kappa shape index (κ3) is 3.68. The number of alkyl halides is 1. The molecule has 1 heterocycles. The van der Waals surface area contributed by atoms with Crippen LogP contribution in [0.2, 0.25) is 5.02 Å². The molecule has 0 saturated heterocycles. The van der Waals surface area contributed by atoms with Gasteiger partial charge >= 0.3 is 0 Å². The normalized spacial score (nSPS) is 12.3. The fourth-order valence-electron chi connectivity index (χ4n) is 2.33. The Morgan fingerprint density at radius 1 is 1.38 bits per heavy atom. The fourth-order valence-corrected chi connectivity index (χ4v) is 2.70. The number of benzene rings is 1. The predicted octanol–water partition coefficient (Wildman–Crippen LogP) is 4.63. The van der Waals surface area contributed by atoms with Crippen molar-refractivity contribution in [3.8, 4) is 0 Å². The largest absolute Gasteiger partial charge is 0.385 e. The molecule has 0 aliphatic rings. The maximum atomic E-state index is 13.6. The monoisotopic (exact) mass is 332 g/mol. The summed E-state index contributed by atoms with van der Waals surface area (Å²) in [4.78, 5) is 4.40. The molecular formula is C15H19Cl2FN2O. The molecule has 6 heteroatoms. The van der Waals surface area contributed by atoms with Crippen molar-refractivity contribution in [2.75, 3.05) is 13.7 Å². The smallest absolute Gasteiger partial charge is 0.144 e. The standard InChI is InChI=1S/C15H19Cl2FN2O/c1-15(2,4-5-21-3)9-20-13-6-10(17)11(18)7-12(13)19-14(20)8-16/h6-7H,4-5,8-9H2,1-3H3. The molecule has 2 rings (SSSR count). The van der Waals surface area contributed by atoms with E-state index in [1.165, 1.54) is 6.07 Å². The number of methoxy groups -OCH3 is 1. The molecule has 21 heavy (non-hydrogen) atoms. The van der Waals surface area contributed by atoms with Gasteiger partial charge in [-0.2, -0.15) is 0 Å². The summed E-state index contributed by atoms with van der Waals surface area (Å²) >= 11 is 11.9. The molecule has 1 aromatic heterocycles. The van der Waals surface area contributed by atoms with Crippen molar-refractivity contribution in [1.29, 1.82) is 0 Å². The lowest BCUT2D eigenvalue weighted by Gasteiger charge is -2.26. The lowest BCUT2D eigenvalue weighted by atomic mass is 9.89. The summed E-state index contributed by atoms with van der Waals surface area (Å²) in [5, 5.41) is 0.0967. The maximum absolute atomic E-state index is 13.6. The second-order valence-electron chi connectivity index (χ2n) is 5.91. The molecule has 0 radical (unpaired) electrons. The zero-order valence-corrected chi connectivity index (χ0v) is 13.9. The van der Waals surface area contributed by atoms with Gasteiger partial charge in [-0.1, -0.05) is 25.4 Å². The van der Waals surface area contributed by atoms with Crippen LogP contribution in [0.15, 0.2) is 12.1 Å². The van der Waals surface area contributed by atoms with E-state index >= 15 is 0 Å². The molecule has 0 amide bonds. The van der Waals surface area contributed by atoms with E-state index in [-0.39, 0.29) is 16.3 Å². The summed E-state index contributed by atoms with van der Waals surface area (Å²) in [6, 6.07) is 2.97. The first kappa shape index (κ1) is 16.5. The molecule has 116 valence electrons. The SMILES string of the molecule is COCCC(C)(C)Cn1c(CCl)nc2cc(F)c(Cl)cc21. The van der Waals surface area contributed by atoms with Crippen LogP contribution in [0.3, 0.4) is 0 Å². The quantitative estimate of drug-likeness (QED) is 0.721. The minimum atomic E-state index is -0.464. The second-order valence-corrected chi connectivity index (χ2v) is 6.58. The number of imidazole rings is 1. The zero-order chi connectivity index (χ0) is 15.6. The van der Waals surface area contributed by atoms with E-state index in [0.717, 1.165) is 24.3 Å². The number of ether oxygens (including phenoxy) is 1. The molecule has 0 fully saturated rings. The number of aromatic nitrogens is 2. The highest BCUT2D eigenvalue weighted by Gasteiger charge is 2.22. The van der Waals surface area contributed by atoms with Gasteiger partial charge in [0.05, 0.1) is 21.9 Å². The van der Waals surface area contributed by atoms with E-state index in [2.05, 4.69) is 18.8 Å². The Morgan fingerprint density at radius 3 is 2.71 bits per heavy atom. The number of hydrogen-bond acceptors (Lipinski definition) is 2. The lowest BCUT2D eigenvalue weighted by Crippen LogP contribution is -2.22. The van der Waals surface area contributed by atoms with Crippen LogP contribution in [-0.4, -0.2) is 23.3 Å². The van der Waals surface area contributed by atoms with Crippen molar-refractivity contribution in [1.82, 2.24) is 9.55 Å². The molecule has 1 aromatic carbocycles. The summed E-state index contributed by atoms with van der Waals surface area (Å²) in [6.07, 6.45) is 0.903. The van der Waals surface area contributed by atoms with Crippen LogP contribution < -0.4 is 0 Å². The zero-order valence-electron chi connectivity index (χ0n) is 12.4. The van der Waals surface area contributed by atoms with E-state index < -0.39 is 5.82 Å². The van der Waals surface area contributed by atoms with Crippen molar-refractivity contribution < 1.29 is 9.13 Å². The maximum Gasteiger partial charge on any atom is 0.144 e. The van der Waals surface area contributed by atoms with Crippen LogP contribution in [0.1, 0.15) is 26.1 Å². The van der Waals surface area contributed by atoms with Gasteiger partial charge in [-0.15, -0.1) is 11.6 Å². The Morgan fingerprint density at radius 2 is 2.10 bits per heavy atom. The van der Waals surface area contributed by atoms with Crippen molar-refractivity contribution in [2.45, 2.75) is 32.7 Å². The number of hydrogen-bond donors (Lipinski definition) is 0. The van der Waals surface area contributed by atoms with Crippen molar-refractivity contribution in [3.05, 3.63) is 28.8 Å². The van der Waals surface area contributed by atoms with Gasteiger partial charge in [0.15, 0.2) is 0 Å².